The van der Waals surface area contributed by atoms with E-state index in [-0.39, 0.29) is 0 Å². The molecule has 2 aromatic rings. The van der Waals surface area contributed by atoms with Crippen LogP contribution in [-0.2, 0) is 13.6 Å². The van der Waals surface area contributed by atoms with Crippen molar-refractivity contribution in [3.63, 3.8) is 0 Å². The Morgan fingerprint density at radius 3 is 2.89 bits per heavy atom. The van der Waals surface area contributed by atoms with E-state index in [1.165, 1.54) is 36.0 Å². The fourth-order valence-corrected chi connectivity index (χ4v) is 3.17. The van der Waals surface area contributed by atoms with Gasteiger partial charge in [-0.15, -0.1) is 0 Å². The predicted octanol–water partition coefficient (Wildman–Crippen LogP) is 2.22. The van der Waals surface area contributed by atoms with Crippen LogP contribution in [0.4, 0.5) is 0 Å². The van der Waals surface area contributed by atoms with Crippen molar-refractivity contribution in [2.75, 3.05) is 26.7 Å². The fraction of sp³-hybridized carbons (Fsp3) is 0.500. The van der Waals surface area contributed by atoms with E-state index < -0.39 is 0 Å². The summed E-state index contributed by atoms with van der Waals surface area (Å²) in [6.45, 7) is 4.60. The lowest BCUT2D eigenvalue weighted by atomic mass is 10.1. The molecule has 1 aliphatic heterocycles. The van der Waals surface area contributed by atoms with Gasteiger partial charge in [0.1, 0.15) is 0 Å². The van der Waals surface area contributed by atoms with E-state index in [9.17, 15) is 0 Å². The summed E-state index contributed by atoms with van der Waals surface area (Å²) in [7, 11) is 4.34. The van der Waals surface area contributed by atoms with Gasteiger partial charge in [0.2, 0.25) is 0 Å². The highest BCUT2D eigenvalue weighted by molar-refractivity contribution is 5.83. The van der Waals surface area contributed by atoms with E-state index in [1.54, 1.807) is 0 Å². The molecule has 3 nitrogen and oxygen atoms in total. The maximum Gasteiger partial charge on any atom is 0.0481 e. The van der Waals surface area contributed by atoms with Crippen LogP contribution in [0.1, 0.15) is 12.0 Å². The van der Waals surface area contributed by atoms with E-state index in [0.29, 0.717) is 0 Å². The Kier molecular flexibility index (Phi) is 3.58. The third-order valence-electron chi connectivity index (χ3n) is 4.22. The van der Waals surface area contributed by atoms with Crippen LogP contribution in [0.3, 0.4) is 0 Å². The molecule has 0 aliphatic carbocycles. The Hall–Kier alpha value is -1.32. The number of rotatable bonds is 4. The van der Waals surface area contributed by atoms with Crippen LogP contribution in [0, 0.1) is 5.92 Å². The summed E-state index contributed by atoms with van der Waals surface area (Å²) in [5.41, 5.74) is 2.73. The Morgan fingerprint density at radius 1 is 1.26 bits per heavy atom. The smallest absolute Gasteiger partial charge is 0.0481 e. The van der Waals surface area contributed by atoms with Gasteiger partial charge < -0.3 is 14.8 Å². The first-order chi connectivity index (χ1) is 9.24. The average molecular weight is 257 g/mol. The van der Waals surface area contributed by atoms with Crippen LogP contribution >= 0.6 is 0 Å². The maximum absolute atomic E-state index is 3.63. The molecule has 0 radical (unpaired) electrons. The molecule has 1 aromatic heterocycles. The highest BCUT2D eigenvalue weighted by atomic mass is 15.1. The zero-order valence-corrected chi connectivity index (χ0v) is 11.9. The van der Waals surface area contributed by atoms with E-state index in [4.69, 9.17) is 0 Å². The van der Waals surface area contributed by atoms with Crippen molar-refractivity contribution in [2.24, 2.45) is 13.0 Å². The fourth-order valence-electron chi connectivity index (χ4n) is 3.17. The summed E-state index contributed by atoms with van der Waals surface area (Å²) < 4.78 is 2.22. The predicted molar refractivity (Wildman–Crippen MR) is 80.2 cm³/mol. The van der Waals surface area contributed by atoms with Crippen LogP contribution in [0.2, 0.25) is 0 Å². The Labute approximate surface area is 115 Å². The lowest BCUT2D eigenvalue weighted by Gasteiger charge is -2.11. The van der Waals surface area contributed by atoms with E-state index in [0.717, 1.165) is 19.0 Å². The van der Waals surface area contributed by atoms with Crippen molar-refractivity contribution in [3.8, 4) is 0 Å². The molecule has 1 atom stereocenters. The molecule has 102 valence electrons. The van der Waals surface area contributed by atoms with Gasteiger partial charge in [0, 0.05) is 37.2 Å². The number of hydrogen-bond donors (Lipinski definition) is 1. The molecule has 1 unspecified atom stereocenters. The third-order valence-corrected chi connectivity index (χ3v) is 4.22. The summed E-state index contributed by atoms with van der Waals surface area (Å²) in [4.78, 5) is 2.42. The highest BCUT2D eigenvalue weighted by Gasteiger charge is 2.18. The number of fused-ring (bicyclic) bond motifs is 1. The highest BCUT2D eigenvalue weighted by Crippen LogP contribution is 2.20. The normalized spacial score (nSPS) is 20.4. The maximum atomic E-state index is 3.63. The van der Waals surface area contributed by atoms with Crippen molar-refractivity contribution in [1.29, 1.82) is 0 Å². The van der Waals surface area contributed by atoms with Gasteiger partial charge in [-0.1, -0.05) is 18.2 Å². The lowest BCUT2D eigenvalue weighted by molar-refractivity contribution is 0.388. The molecule has 3 heteroatoms. The summed E-state index contributed by atoms with van der Waals surface area (Å²) in [5, 5.41) is 5.01. The number of hydrogen-bond acceptors (Lipinski definition) is 2. The number of nitrogens with zero attached hydrogens (tertiary/aromatic N) is 2. The number of nitrogens with one attached hydrogen (secondary N) is 1. The first-order valence-electron chi connectivity index (χ1n) is 7.16. The number of aromatic nitrogens is 1. The Morgan fingerprint density at radius 2 is 2.11 bits per heavy atom. The summed E-state index contributed by atoms with van der Waals surface area (Å²) >= 11 is 0. The second-order valence-corrected chi connectivity index (χ2v) is 5.83. The van der Waals surface area contributed by atoms with Crippen molar-refractivity contribution in [1.82, 2.24) is 14.8 Å². The molecular weight excluding hydrogens is 234 g/mol. The van der Waals surface area contributed by atoms with E-state index in [2.05, 4.69) is 59.3 Å². The summed E-state index contributed by atoms with van der Waals surface area (Å²) in [5.74, 6) is 0.819. The third kappa shape index (κ3) is 2.67. The van der Waals surface area contributed by atoms with Crippen LogP contribution < -0.4 is 5.32 Å². The van der Waals surface area contributed by atoms with Crippen LogP contribution in [-0.4, -0.2) is 36.1 Å². The van der Waals surface area contributed by atoms with Crippen molar-refractivity contribution < 1.29 is 0 Å². The molecule has 1 saturated heterocycles. The quantitative estimate of drug-likeness (QED) is 0.906. The molecule has 3 rings (SSSR count). The standard InChI is InChI=1S/C16H23N3/c1-18-8-7-13(11-18)9-17-10-14-12-19(2)16-6-4-3-5-15(14)16/h3-6,12-13,17H,7-11H2,1-2H3. The van der Waals surface area contributed by atoms with Crippen molar-refractivity contribution >= 4 is 10.9 Å². The first-order valence-corrected chi connectivity index (χ1v) is 7.16. The molecule has 19 heavy (non-hydrogen) atoms. The molecule has 0 bridgehead atoms. The minimum atomic E-state index is 0.819. The summed E-state index contributed by atoms with van der Waals surface area (Å²) in [6, 6.07) is 8.63. The van der Waals surface area contributed by atoms with Gasteiger partial charge >= 0.3 is 0 Å². The molecular formula is C16H23N3. The van der Waals surface area contributed by atoms with E-state index in [1.807, 2.05) is 0 Å². The molecule has 0 amide bonds. The van der Waals surface area contributed by atoms with Gasteiger partial charge in [0.15, 0.2) is 0 Å². The van der Waals surface area contributed by atoms with Crippen LogP contribution in [0.5, 0.6) is 0 Å². The Balaban J connectivity index is 1.62. The SMILES string of the molecule is CN1CCC(CNCc2cn(C)c3ccccc23)C1. The van der Waals surface area contributed by atoms with E-state index >= 15 is 0 Å². The minimum Gasteiger partial charge on any atom is -0.350 e. The molecule has 1 N–H and O–H groups in total. The zero-order valence-electron chi connectivity index (χ0n) is 11.9. The lowest BCUT2D eigenvalue weighted by Crippen LogP contribution is -2.24. The summed E-state index contributed by atoms with van der Waals surface area (Å²) in [6.07, 6.45) is 3.58. The Bertz CT molecular complexity index is 558. The van der Waals surface area contributed by atoms with Gasteiger partial charge in [-0.2, -0.15) is 0 Å². The van der Waals surface area contributed by atoms with Crippen molar-refractivity contribution in [2.45, 2.75) is 13.0 Å². The first kappa shape index (κ1) is 12.7. The van der Waals surface area contributed by atoms with Crippen LogP contribution in [0.25, 0.3) is 10.9 Å². The topological polar surface area (TPSA) is 20.2 Å². The average Bonchev–Trinajstić information content (AvgIpc) is 2.96. The zero-order chi connectivity index (χ0) is 13.2. The van der Waals surface area contributed by atoms with Gasteiger partial charge in [-0.25, -0.2) is 0 Å². The minimum absolute atomic E-state index is 0.819. The second-order valence-electron chi connectivity index (χ2n) is 5.83. The second kappa shape index (κ2) is 5.35. The van der Waals surface area contributed by atoms with Crippen molar-refractivity contribution in [3.05, 3.63) is 36.0 Å². The number of benzene rings is 1. The van der Waals surface area contributed by atoms with Gasteiger partial charge in [0.05, 0.1) is 0 Å². The van der Waals surface area contributed by atoms with Crippen LogP contribution in [0.15, 0.2) is 30.5 Å². The molecule has 2 heterocycles. The molecule has 1 aliphatic rings. The number of likely N-dealkylation sites (tertiary alicyclic amines) is 1. The van der Waals surface area contributed by atoms with Gasteiger partial charge in [-0.05, 0) is 44.1 Å². The number of para-hydroxylation sites is 1. The molecule has 1 aromatic carbocycles. The largest absolute Gasteiger partial charge is 0.350 e. The molecule has 0 saturated carbocycles. The van der Waals surface area contributed by atoms with Gasteiger partial charge in [-0.3, -0.25) is 0 Å². The molecule has 1 fully saturated rings. The van der Waals surface area contributed by atoms with Gasteiger partial charge in [0.25, 0.3) is 0 Å². The monoisotopic (exact) mass is 257 g/mol. The number of aryl methyl sites for hydroxylation is 1. The molecule has 0 spiro atoms.